The third kappa shape index (κ3) is 4.96. The predicted octanol–water partition coefficient (Wildman–Crippen LogP) is 4.15. The summed E-state index contributed by atoms with van der Waals surface area (Å²) in [6.07, 6.45) is 1.56. The van der Waals surface area contributed by atoms with Crippen LogP contribution in [0.1, 0.15) is 31.2 Å². The summed E-state index contributed by atoms with van der Waals surface area (Å²) in [6, 6.07) is 13.6. The fourth-order valence-electron chi connectivity index (χ4n) is 3.38. The lowest BCUT2D eigenvalue weighted by Crippen LogP contribution is -2.49. The maximum atomic E-state index is 12.3. The van der Waals surface area contributed by atoms with Crippen molar-refractivity contribution < 1.29 is 19.2 Å². The van der Waals surface area contributed by atoms with Crippen LogP contribution in [0.2, 0.25) is 0 Å². The van der Waals surface area contributed by atoms with Gasteiger partial charge in [-0.2, -0.15) is 0 Å². The molecule has 1 fully saturated rings. The molecule has 2 aromatic rings. The molecule has 1 aromatic carbocycles. The molecule has 0 bridgehead atoms. The third-order valence-electron chi connectivity index (χ3n) is 4.88. The van der Waals surface area contributed by atoms with Gasteiger partial charge in [0.15, 0.2) is 0 Å². The molecule has 0 saturated carbocycles. The van der Waals surface area contributed by atoms with Crippen LogP contribution >= 0.6 is 11.3 Å². The van der Waals surface area contributed by atoms with Crippen LogP contribution in [0.3, 0.4) is 0 Å². The van der Waals surface area contributed by atoms with E-state index in [1.165, 1.54) is 0 Å². The van der Waals surface area contributed by atoms with Gasteiger partial charge in [0.25, 0.3) is 0 Å². The molecular formula is C23H25N3O4S. The van der Waals surface area contributed by atoms with E-state index in [2.05, 4.69) is 10.1 Å². The SMILES string of the molecule is CC(C)(C)OC(=O)N1CCN(c2ccc(/C=C3/C(=O)ON=C3c3ccccc3)s2)CC1. The molecule has 0 atom stereocenters. The first-order valence-corrected chi connectivity index (χ1v) is 11.0. The number of rotatable bonds is 3. The van der Waals surface area contributed by atoms with Crippen molar-refractivity contribution in [2.45, 2.75) is 26.4 Å². The number of nitrogens with zero attached hydrogens (tertiary/aromatic N) is 3. The van der Waals surface area contributed by atoms with Crippen molar-refractivity contribution in [1.29, 1.82) is 0 Å². The summed E-state index contributed by atoms with van der Waals surface area (Å²) in [5.41, 5.74) is 1.35. The number of carbonyl (C=O) groups excluding carboxylic acids is 2. The van der Waals surface area contributed by atoms with E-state index in [1.807, 2.05) is 69.3 Å². The molecule has 0 N–H and O–H groups in total. The summed E-state index contributed by atoms with van der Waals surface area (Å²) in [6.45, 7) is 8.30. The summed E-state index contributed by atoms with van der Waals surface area (Å²) in [7, 11) is 0. The number of hydrogen-bond acceptors (Lipinski definition) is 7. The van der Waals surface area contributed by atoms with E-state index in [0.717, 1.165) is 28.5 Å². The van der Waals surface area contributed by atoms with Crippen LogP contribution in [0.5, 0.6) is 0 Å². The van der Waals surface area contributed by atoms with Crippen molar-refractivity contribution in [2.24, 2.45) is 5.16 Å². The van der Waals surface area contributed by atoms with Crippen LogP contribution < -0.4 is 4.90 Å². The molecule has 1 saturated heterocycles. The zero-order valence-corrected chi connectivity index (χ0v) is 18.6. The Balaban J connectivity index is 1.43. The van der Waals surface area contributed by atoms with E-state index < -0.39 is 11.6 Å². The Morgan fingerprint density at radius 3 is 2.48 bits per heavy atom. The van der Waals surface area contributed by atoms with E-state index >= 15 is 0 Å². The number of oxime groups is 1. The van der Waals surface area contributed by atoms with E-state index in [1.54, 1.807) is 16.2 Å². The topological polar surface area (TPSA) is 71.4 Å². The Morgan fingerprint density at radius 1 is 1.10 bits per heavy atom. The number of carbonyl (C=O) groups is 2. The molecule has 0 unspecified atom stereocenters. The van der Waals surface area contributed by atoms with Gasteiger partial charge < -0.3 is 19.4 Å². The van der Waals surface area contributed by atoms with Gasteiger partial charge in [-0.15, -0.1) is 11.3 Å². The van der Waals surface area contributed by atoms with Gasteiger partial charge in [0.2, 0.25) is 0 Å². The number of amides is 1. The number of thiophene rings is 1. The average Bonchev–Trinajstić information content (AvgIpc) is 3.35. The molecule has 31 heavy (non-hydrogen) atoms. The summed E-state index contributed by atoms with van der Waals surface area (Å²) >= 11 is 1.60. The largest absolute Gasteiger partial charge is 0.444 e. The lowest BCUT2D eigenvalue weighted by atomic mass is 10.0. The molecule has 2 aliphatic rings. The Bertz CT molecular complexity index is 1030. The molecule has 7 nitrogen and oxygen atoms in total. The number of ether oxygens (including phenoxy) is 1. The van der Waals surface area contributed by atoms with Gasteiger partial charge in [-0.25, -0.2) is 9.59 Å². The van der Waals surface area contributed by atoms with Crippen molar-refractivity contribution in [3.8, 4) is 0 Å². The second kappa shape index (κ2) is 8.55. The van der Waals surface area contributed by atoms with Gasteiger partial charge >= 0.3 is 12.1 Å². The highest BCUT2D eigenvalue weighted by molar-refractivity contribution is 7.17. The van der Waals surface area contributed by atoms with Crippen LogP contribution in [0.25, 0.3) is 6.08 Å². The summed E-state index contributed by atoms with van der Waals surface area (Å²) in [4.78, 5) is 34.3. The maximum Gasteiger partial charge on any atom is 0.410 e. The van der Waals surface area contributed by atoms with E-state index in [9.17, 15) is 9.59 Å². The molecule has 0 spiro atoms. The van der Waals surface area contributed by atoms with Gasteiger partial charge in [0, 0.05) is 36.6 Å². The maximum absolute atomic E-state index is 12.3. The van der Waals surface area contributed by atoms with E-state index in [4.69, 9.17) is 9.57 Å². The van der Waals surface area contributed by atoms with Crippen LogP contribution in [0.15, 0.2) is 53.2 Å². The minimum Gasteiger partial charge on any atom is -0.444 e. The van der Waals surface area contributed by atoms with Crippen LogP contribution in [0.4, 0.5) is 9.80 Å². The third-order valence-corrected chi connectivity index (χ3v) is 5.98. The normalized spacial score (nSPS) is 18.2. The highest BCUT2D eigenvalue weighted by Crippen LogP contribution is 2.30. The van der Waals surface area contributed by atoms with Crippen LogP contribution in [0, 0.1) is 0 Å². The Labute approximate surface area is 185 Å². The zero-order chi connectivity index (χ0) is 22.0. The van der Waals surface area contributed by atoms with Crippen molar-refractivity contribution in [3.63, 3.8) is 0 Å². The highest BCUT2D eigenvalue weighted by Gasteiger charge is 2.28. The van der Waals surface area contributed by atoms with E-state index in [0.29, 0.717) is 24.4 Å². The fourth-order valence-corrected chi connectivity index (χ4v) is 4.38. The smallest absolute Gasteiger partial charge is 0.410 e. The monoisotopic (exact) mass is 439 g/mol. The predicted molar refractivity (Wildman–Crippen MR) is 121 cm³/mol. The van der Waals surface area contributed by atoms with Gasteiger partial charge in [-0.1, -0.05) is 35.5 Å². The standard InChI is InChI=1S/C23H25N3O4S/c1-23(2,3)29-22(28)26-13-11-25(12-14-26)19-10-9-17(31-19)15-18-20(24-30-21(18)27)16-7-5-4-6-8-16/h4-10,15H,11-14H2,1-3H3/b18-15+. The summed E-state index contributed by atoms with van der Waals surface area (Å²) in [5.74, 6) is -0.445. The van der Waals surface area contributed by atoms with Crippen molar-refractivity contribution >= 4 is 40.2 Å². The summed E-state index contributed by atoms with van der Waals surface area (Å²) < 4.78 is 5.46. The molecule has 1 aromatic heterocycles. The zero-order valence-electron chi connectivity index (χ0n) is 17.8. The van der Waals surface area contributed by atoms with Gasteiger partial charge in [0.05, 0.1) is 10.6 Å². The molecule has 0 radical (unpaired) electrons. The molecule has 2 aliphatic heterocycles. The number of benzene rings is 1. The first kappa shape index (κ1) is 21.1. The molecule has 0 aliphatic carbocycles. The molecule has 162 valence electrons. The Kier molecular flexibility index (Phi) is 5.82. The lowest BCUT2D eigenvalue weighted by Gasteiger charge is -2.36. The van der Waals surface area contributed by atoms with Crippen molar-refractivity contribution in [3.05, 3.63) is 58.5 Å². The molecule has 3 heterocycles. The molecule has 4 rings (SSSR count). The van der Waals surface area contributed by atoms with Gasteiger partial charge in [-0.3, -0.25) is 0 Å². The number of piperazine rings is 1. The Morgan fingerprint density at radius 2 is 1.81 bits per heavy atom. The van der Waals surface area contributed by atoms with Gasteiger partial charge in [-0.05, 0) is 39.0 Å². The average molecular weight is 440 g/mol. The first-order valence-electron chi connectivity index (χ1n) is 10.2. The number of hydrogen-bond donors (Lipinski definition) is 0. The second-order valence-corrected chi connectivity index (χ2v) is 9.47. The first-order chi connectivity index (χ1) is 14.8. The van der Waals surface area contributed by atoms with Crippen LogP contribution in [-0.2, 0) is 14.4 Å². The van der Waals surface area contributed by atoms with Crippen LogP contribution in [-0.4, -0.2) is 54.5 Å². The lowest BCUT2D eigenvalue weighted by molar-refractivity contribution is -0.136. The molecule has 1 amide bonds. The molecular weight excluding hydrogens is 414 g/mol. The van der Waals surface area contributed by atoms with Crippen molar-refractivity contribution in [2.75, 3.05) is 31.1 Å². The Hall–Kier alpha value is -3.13. The van der Waals surface area contributed by atoms with Crippen molar-refractivity contribution in [1.82, 2.24) is 4.90 Å². The minimum atomic E-state index is -0.492. The number of anilines is 1. The summed E-state index contributed by atoms with van der Waals surface area (Å²) in [5, 5.41) is 5.05. The van der Waals surface area contributed by atoms with E-state index in [-0.39, 0.29) is 6.09 Å². The van der Waals surface area contributed by atoms with Gasteiger partial charge in [0.1, 0.15) is 11.3 Å². The second-order valence-electron chi connectivity index (χ2n) is 8.37. The minimum absolute atomic E-state index is 0.267. The molecule has 8 heteroatoms. The fraction of sp³-hybridized carbons (Fsp3) is 0.348. The quantitative estimate of drug-likeness (QED) is 0.531. The highest BCUT2D eigenvalue weighted by atomic mass is 32.1.